The van der Waals surface area contributed by atoms with E-state index in [1.165, 1.54) is 0 Å². The Bertz CT molecular complexity index is 605. The molecule has 4 rings (SSSR count). The summed E-state index contributed by atoms with van der Waals surface area (Å²) < 4.78 is 15.8. The predicted molar refractivity (Wildman–Crippen MR) is 62.6 cm³/mol. The van der Waals surface area contributed by atoms with Crippen LogP contribution in [-0.4, -0.2) is 19.4 Å². The van der Waals surface area contributed by atoms with Gasteiger partial charge in [0.15, 0.2) is 11.5 Å². The van der Waals surface area contributed by atoms with Crippen LogP contribution in [0.25, 0.3) is 0 Å². The van der Waals surface area contributed by atoms with Gasteiger partial charge in [0.05, 0.1) is 11.3 Å². The number of carbonyl (C=O) groups excluding carboxylic acids is 1. The van der Waals surface area contributed by atoms with Crippen LogP contribution >= 0.6 is 0 Å². The molecule has 0 radical (unpaired) electrons. The number of rotatable bonds is 0. The normalized spacial score (nSPS) is 23.4. The maximum Gasteiger partial charge on any atom is 0.336 e. The van der Waals surface area contributed by atoms with E-state index in [1.807, 2.05) is 19.1 Å². The SMILES string of the molecule is CC1C2=C(COC2=O)Nc2cc3c(cc21)OCO3. The second-order valence-electron chi connectivity index (χ2n) is 4.61. The highest BCUT2D eigenvalue weighted by molar-refractivity contribution is 5.96. The Hall–Kier alpha value is -2.17. The second kappa shape index (κ2) is 3.19. The molecule has 0 saturated heterocycles. The van der Waals surface area contributed by atoms with Crippen LogP contribution in [0, 0.1) is 0 Å². The zero-order chi connectivity index (χ0) is 12.3. The lowest BCUT2D eigenvalue weighted by Gasteiger charge is -2.24. The molecule has 0 spiro atoms. The summed E-state index contributed by atoms with van der Waals surface area (Å²) in [6, 6.07) is 3.85. The van der Waals surface area contributed by atoms with Gasteiger partial charge in [0.1, 0.15) is 6.61 Å². The quantitative estimate of drug-likeness (QED) is 0.706. The third-order valence-electron chi connectivity index (χ3n) is 3.62. The molecule has 5 heteroatoms. The van der Waals surface area contributed by atoms with E-state index in [1.54, 1.807) is 0 Å². The fraction of sp³-hybridized carbons (Fsp3) is 0.308. The molecule has 5 nitrogen and oxygen atoms in total. The monoisotopic (exact) mass is 245 g/mol. The van der Waals surface area contributed by atoms with Crippen molar-refractivity contribution in [2.45, 2.75) is 12.8 Å². The molecular weight excluding hydrogens is 234 g/mol. The van der Waals surface area contributed by atoms with Crippen molar-refractivity contribution in [3.63, 3.8) is 0 Å². The number of hydrogen-bond acceptors (Lipinski definition) is 5. The first kappa shape index (κ1) is 9.82. The predicted octanol–water partition coefficient (Wildman–Crippen LogP) is 1.76. The maximum absolute atomic E-state index is 11.7. The molecule has 1 atom stereocenters. The average molecular weight is 245 g/mol. The van der Waals surface area contributed by atoms with Crippen molar-refractivity contribution in [2.24, 2.45) is 0 Å². The fourth-order valence-electron chi connectivity index (χ4n) is 2.70. The molecule has 3 aliphatic heterocycles. The van der Waals surface area contributed by atoms with Gasteiger partial charge < -0.3 is 19.5 Å². The Morgan fingerprint density at radius 3 is 2.83 bits per heavy atom. The Morgan fingerprint density at radius 2 is 2.00 bits per heavy atom. The van der Waals surface area contributed by atoms with Crippen LogP contribution in [0.1, 0.15) is 18.4 Å². The van der Waals surface area contributed by atoms with Crippen LogP contribution in [0.5, 0.6) is 11.5 Å². The van der Waals surface area contributed by atoms with Gasteiger partial charge in [-0.3, -0.25) is 0 Å². The molecule has 0 amide bonds. The first-order chi connectivity index (χ1) is 8.74. The number of hydrogen-bond donors (Lipinski definition) is 1. The Labute approximate surface area is 103 Å². The summed E-state index contributed by atoms with van der Waals surface area (Å²) in [5.41, 5.74) is 3.58. The van der Waals surface area contributed by atoms with E-state index in [2.05, 4.69) is 5.32 Å². The summed E-state index contributed by atoms with van der Waals surface area (Å²) in [7, 11) is 0. The lowest BCUT2D eigenvalue weighted by Crippen LogP contribution is -2.16. The van der Waals surface area contributed by atoms with Gasteiger partial charge in [-0.2, -0.15) is 0 Å². The highest BCUT2D eigenvalue weighted by atomic mass is 16.7. The molecule has 0 fully saturated rings. The molecule has 1 N–H and O–H groups in total. The summed E-state index contributed by atoms with van der Waals surface area (Å²) in [5.74, 6) is 1.26. The van der Waals surface area contributed by atoms with Crippen molar-refractivity contribution < 1.29 is 19.0 Å². The van der Waals surface area contributed by atoms with E-state index in [9.17, 15) is 4.79 Å². The number of carbonyl (C=O) groups is 1. The summed E-state index contributed by atoms with van der Waals surface area (Å²) in [4.78, 5) is 11.7. The number of esters is 1. The van der Waals surface area contributed by atoms with Crippen molar-refractivity contribution in [1.29, 1.82) is 0 Å². The van der Waals surface area contributed by atoms with Crippen LogP contribution in [0.4, 0.5) is 5.69 Å². The minimum absolute atomic E-state index is 0.0146. The molecule has 92 valence electrons. The highest BCUT2D eigenvalue weighted by Crippen LogP contribution is 2.46. The van der Waals surface area contributed by atoms with Gasteiger partial charge in [-0.25, -0.2) is 4.79 Å². The van der Waals surface area contributed by atoms with E-state index >= 15 is 0 Å². The average Bonchev–Trinajstić information content (AvgIpc) is 2.94. The summed E-state index contributed by atoms with van der Waals surface area (Å²) in [5, 5.41) is 3.25. The van der Waals surface area contributed by atoms with Gasteiger partial charge in [0.25, 0.3) is 0 Å². The van der Waals surface area contributed by atoms with Crippen LogP contribution in [0.15, 0.2) is 23.4 Å². The maximum atomic E-state index is 11.7. The minimum atomic E-state index is -0.228. The van der Waals surface area contributed by atoms with Crippen molar-refractivity contribution in [3.8, 4) is 11.5 Å². The largest absolute Gasteiger partial charge is 0.456 e. The van der Waals surface area contributed by atoms with Crippen molar-refractivity contribution in [3.05, 3.63) is 29.0 Å². The lowest BCUT2D eigenvalue weighted by atomic mass is 9.87. The first-order valence-corrected chi connectivity index (χ1v) is 5.85. The van der Waals surface area contributed by atoms with Gasteiger partial charge in [-0.05, 0) is 11.6 Å². The first-order valence-electron chi connectivity index (χ1n) is 5.85. The third kappa shape index (κ3) is 1.13. The molecule has 0 aliphatic carbocycles. The number of anilines is 1. The van der Waals surface area contributed by atoms with Crippen LogP contribution in [-0.2, 0) is 9.53 Å². The fourth-order valence-corrected chi connectivity index (χ4v) is 2.70. The number of benzene rings is 1. The molecule has 0 aromatic heterocycles. The molecule has 0 bridgehead atoms. The smallest absolute Gasteiger partial charge is 0.336 e. The van der Waals surface area contributed by atoms with E-state index in [-0.39, 0.29) is 18.7 Å². The van der Waals surface area contributed by atoms with Gasteiger partial charge in [-0.15, -0.1) is 0 Å². The number of ether oxygens (including phenoxy) is 3. The Morgan fingerprint density at radius 1 is 1.22 bits per heavy atom. The summed E-state index contributed by atoms with van der Waals surface area (Å²) in [6.45, 7) is 2.58. The van der Waals surface area contributed by atoms with E-state index in [4.69, 9.17) is 14.2 Å². The molecule has 0 saturated carbocycles. The second-order valence-corrected chi connectivity index (χ2v) is 4.61. The topological polar surface area (TPSA) is 56.8 Å². The molecule has 3 heterocycles. The van der Waals surface area contributed by atoms with Crippen molar-refractivity contribution >= 4 is 11.7 Å². The van der Waals surface area contributed by atoms with Crippen LogP contribution in [0.3, 0.4) is 0 Å². The van der Waals surface area contributed by atoms with Crippen LogP contribution < -0.4 is 14.8 Å². The van der Waals surface area contributed by atoms with Crippen molar-refractivity contribution in [2.75, 3.05) is 18.7 Å². The Kier molecular flexibility index (Phi) is 1.74. The molecule has 3 aliphatic rings. The van der Waals surface area contributed by atoms with E-state index in [0.29, 0.717) is 6.61 Å². The van der Waals surface area contributed by atoms with E-state index < -0.39 is 0 Å². The standard InChI is InChI=1S/C13H11NO4/c1-6-7-2-10-11(18-5-17-10)3-8(7)14-9-4-16-13(15)12(6)9/h2-3,6,14H,4-5H2,1H3. The molecular formula is C13H11NO4. The highest BCUT2D eigenvalue weighted by Gasteiger charge is 2.36. The number of fused-ring (bicyclic) bond motifs is 2. The minimum Gasteiger partial charge on any atom is -0.456 e. The van der Waals surface area contributed by atoms with Crippen LogP contribution in [0.2, 0.25) is 0 Å². The number of cyclic esters (lactones) is 1. The molecule has 18 heavy (non-hydrogen) atoms. The number of nitrogens with one attached hydrogen (secondary N) is 1. The molecule has 1 aromatic rings. The lowest BCUT2D eigenvalue weighted by molar-refractivity contribution is -0.136. The zero-order valence-electron chi connectivity index (χ0n) is 9.78. The summed E-state index contributed by atoms with van der Waals surface area (Å²) >= 11 is 0. The zero-order valence-corrected chi connectivity index (χ0v) is 9.78. The third-order valence-corrected chi connectivity index (χ3v) is 3.62. The molecule has 1 unspecified atom stereocenters. The van der Waals surface area contributed by atoms with Gasteiger partial charge in [0.2, 0.25) is 6.79 Å². The van der Waals surface area contributed by atoms with Gasteiger partial charge in [0, 0.05) is 17.7 Å². The molecule has 1 aromatic carbocycles. The van der Waals surface area contributed by atoms with Gasteiger partial charge in [-0.1, -0.05) is 6.92 Å². The van der Waals surface area contributed by atoms with Crippen molar-refractivity contribution in [1.82, 2.24) is 0 Å². The van der Waals surface area contributed by atoms with Gasteiger partial charge >= 0.3 is 5.97 Å². The van der Waals surface area contributed by atoms with E-state index in [0.717, 1.165) is 34.0 Å². The Balaban J connectivity index is 1.86. The summed E-state index contributed by atoms with van der Waals surface area (Å²) in [6.07, 6.45) is 0.